The Balaban J connectivity index is 1.74. The van der Waals surface area contributed by atoms with Crippen molar-refractivity contribution in [2.45, 2.75) is 6.42 Å². The van der Waals surface area contributed by atoms with E-state index in [0.717, 1.165) is 17.0 Å². The first-order valence-corrected chi connectivity index (χ1v) is 7.35. The number of hydrogen-bond acceptors (Lipinski definition) is 4. The number of benzene rings is 1. The molecule has 116 valence electrons. The van der Waals surface area contributed by atoms with Gasteiger partial charge in [-0.1, -0.05) is 6.07 Å². The van der Waals surface area contributed by atoms with Crippen LogP contribution in [-0.4, -0.2) is 25.0 Å². The standard InChI is InChI=1S/C15H13F2NO3S/c16-10-3-4-12(13(17)8-10)15(20)21-9-14(19)18-6-5-11-2-1-7-22-11/h1-4,7-8H,5-6,9H2,(H,18,19). The number of carbonyl (C=O) groups is 2. The van der Waals surface area contributed by atoms with Crippen LogP contribution >= 0.6 is 11.3 Å². The largest absolute Gasteiger partial charge is 0.452 e. The third-order valence-corrected chi connectivity index (χ3v) is 3.70. The number of carbonyl (C=O) groups excluding carboxylic acids is 2. The second kappa shape index (κ2) is 7.65. The van der Waals surface area contributed by atoms with Gasteiger partial charge in [-0.25, -0.2) is 13.6 Å². The first-order valence-electron chi connectivity index (χ1n) is 6.47. The zero-order valence-corrected chi connectivity index (χ0v) is 12.3. The van der Waals surface area contributed by atoms with Crippen LogP contribution in [0.2, 0.25) is 0 Å². The summed E-state index contributed by atoms with van der Waals surface area (Å²) in [7, 11) is 0. The lowest BCUT2D eigenvalue weighted by atomic mass is 10.2. The molecular weight excluding hydrogens is 312 g/mol. The van der Waals surface area contributed by atoms with Crippen molar-refractivity contribution in [3.63, 3.8) is 0 Å². The van der Waals surface area contributed by atoms with Crippen LogP contribution < -0.4 is 5.32 Å². The molecule has 0 unspecified atom stereocenters. The molecule has 2 aromatic rings. The van der Waals surface area contributed by atoms with Gasteiger partial charge in [0, 0.05) is 17.5 Å². The Morgan fingerprint density at radius 2 is 2.05 bits per heavy atom. The van der Waals surface area contributed by atoms with Gasteiger partial charge in [0.25, 0.3) is 5.91 Å². The Morgan fingerprint density at radius 3 is 2.73 bits per heavy atom. The summed E-state index contributed by atoms with van der Waals surface area (Å²) in [4.78, 5) is 24.2. The summed E-state index contributed by atoms with van der Waals surface area (Å²) in [6, 6.07) is 6.37. The molecule has 0 aliphatic rings. The molecule has 0 saturated carbocycles. The van der Waals surface area contributed by atoms with E-state index in [-0.39, 0.29) is 0 Å². The molecule has 0 spiro atoms. The van der Waals surface area contributed by atoms with Gasteiger partial charge in [-0.3, -0.25) is 4.79 Å². The normalized spacial score (nSPS) is 10.3. The van der Waals surface area contributed by atoms with E-state index >= 15 is 0 Å². The maximum Gasteiger partial charge on any atom is 0.341 e. The van der Waals surface area contributed by atoms with E-state index in [9.17, 15) is 18.4 Å². The second-order valence-corrected chi connectivity index (χ2v) is 5.41. The average Bonchev–Trinajstić information content (AvgIpc) is 2.98. The van der Waals surface area contributed by atoms with Gasteiger partial charge >= 0.3 is 5.97 Å². The van der Waals surface area contributed by atoms with Crippen LogP contribution in [0.3, 0.4) is 0 Å². The third kappa shape index (κ3) is 4.63. The minimum atomic E-state index is -1.02. The Bertz CT molecular complexity index is 659. The molecule has 0 saturated heterocycles. The van der Waals surface area contributed by atoms with Crippen LogP contribution in [0.25, 0.3) is 0 Å². The first-order chi connectivity index (χ1) is 10.6. The molecule has 0 aliphatic heterocycles. The Labute approximate surface area is 129 Å². The van der Waals surface area contributed by atoms with E-state index in [2.05, 4.69) is 10.1 Å². The first kappa shape index (κ1) is 16.1. The van der Waals surface area contributed by atoms with Crippen molar-refractivity contribution in [3.05, 3.63) is 57.8 Å². The van der Waals surface area contributed by atoms with Gasteiger partial charge in [-0.05, 0) is 30.0 Å². The maximum absolute atomic E-state index is 13.3. The topological polar surface area (TPSA) is 55.4 Å². The minimum Gasteiger partial charge on any atom is -0.452 e. The maximum atomic E-state index is 13.3. The monoisotopic (exact) mass is 325 g/mol. The van der Waals surface area contributed by atoms with Crippen molar-refractivity contribution < 1.29 is 23.1 Å². The lowest BCUT2D eigenvalue weighted by molar-refractivity contribution is -0.124. The van der Waals surface area contributed by atoms with E-state index in [4.69, 9.17) is 0 Å². The third-order valence-electron chi connectivity index (χ3n) is 2.76. The molecule has 4 nitrogen and oxygen atoms in total. The molecule has 1 amide bonds. The number of thiophene rings is 1. The number of hydrogen-bond donors (Lipinski definition) is 1. The lowest BCUT2D eigenvalue weighted by Crippen LogP contribution is -2.30. The number of rotatable bonds is 6. The van der Waals surface area contributed by atoms with Gasteiger partial charge in [0.15, 0.2) is 6.61 Å². The highest BCUT2D eigenvalue weighted by molar-refractivity contribution is 7.09. The quantitative estimate of drug-likeness (QED) is 0.831. The molecule has 0 bridgehead atoms. The van der Waals surface area contributed by atoms with Gasteiger partial charge in [0.2, 0.25) is 0 Å². The predicted molar refractivity (Wildman–Crippen MR) is 77.7 cm³/mol. The van der Waals surface area contributed by atoms with Gasteiger partial charge in [0.1, 0.15) is 11.6 Å². The highest BCUT2D eigenvalue weighted by Crippen LogP contribution is 2.11. The SMILES string of the molecule is O=C(COC(=O)c1ccc(F)cc1F)NCCc1cccs1. The fourth-order valence-corrected chi connectivity index (χ4v) is 2.40. The van der Waals surface area contributed by atoms with Crippen LogP contribution in [-0.2, 0) is 16.0 Å². The summed E-state index contributed by atoms with van der Waals surface area (Å²) >= 11 is 1.58. The summed E-state index contributed by atoms with van der Waals surface area (Å²) in [6.07, 6.45) is 0.684. The number of halogens is 2. The molecule has 0 radical (unpaired) electrons. The Morgan fingerprint density at radius 1 is 1.23 bits per heavy atom. The number of nitrogens with one attached hydrogen (secondary N) is 1. The van der Waals surface area contributed by atoms with Crippen LogP contribution in [0, 0.1) is 11.6 Å². The molecule has 0 aliphatic carbocycles. The molecule has 0 fully saturated rings. The zero-order chi connectivity index (χ0) is 15.9. The summed E-state index contributed by atoms with van der Waals surface area (Å²) in [5, 5.41) is 4.53. The molecule has 1 N–H and O–H groups in total. The Kier molecular flexibility index (Phi) is 5.60. The van der Waals surface area contributed by atoms with Crippen molar-refractivity contribution >= 4 is 23.2 Å². The predicted octanol–water partition coefficient (Wildman–Crippen LogP) is 2.54. The van der Waals surface area contributed by atoms with Crippen molar-refractivity contribution in [2.75, 3.05) is 13.2 Å². The lowest BCUT2D eigenvalue weighted by Gasteiger charge is -2.06. The van der Waals surface area contributed by atoms with Crippen LogP contribution in [0.4, 0.5) is 8.78 Å². The number of amides is 1. The van der Waals surface area contributed by atoms with Crippen LogP contribution in [0.5, 0.6) is 0 Å². The Hall–Kier alpha value is -2.28. The minimum absolute atomic E-state index is 0.409. The molecule has 0 atom stereocenters. The van der Waals surface area contributed by atoms with Crippen molar-refractivity contribution in [2.24, 2.45) is 0 Å². The molecular formula is C15H13F2NO3S. The van der Waals surface area contributed by atoms with Crippen LogP contribution in [0.15, 0.2) is 35.7 Å². The molecule has 1 heterocycles. The highest BCUT2D eigenvalue weighted by atomic mass is 32.1. The van der Waals surface area contributed by atoms with E-state index in [1.165, 1.54) is 0 Å². The average molecular weight is 325 g/mol. The molecule has 1 aromatic carbocycles. The summed E-state index contributed by atoms with van der Waals surface area (Å²) in [5.74, 6) is -3.30. The molecule has 7 heteroatoms. The van der Waals surface area contributed by atoms with E-state index < -0.39 is 35.7 Å². The number of esters is 1. The highest BCUT2D eigenvalue weighted by Gasteiger charge is 2.15. The second-order valence-electron chi connectivity index (χ2n) is 4.38. The number of ether oxygens (including phenoxy) is 1. The van der Waals surface area contributed by atoms with Gasteiger partial charge in [0.05, 0.1) is 5.56 Å². The summed E-state index contributed by atoms with van der Waals surface area (Å²) < 4.78 is 30.8. The zero-order valence-electron chi connectivity index (χ0n) is 11.5. The van der Waals surface area contributed by atoms with Crippen LogP contribution in [0.1, 0.15) is 15.2 Å². The molecule has 2 rings (SSSR count). The molecule has 1 aromatic heterocycles. The fourth-order valence-electron chi connectivity index (χ4n) is 1.69. The van der Waals surface area contributed by atoms with E-state index in [1.807, 2.05) is 17.5 Å². The van der Waals surface area contributed by atoms with E-state index in [1.54, 1.807) is 11.3 Å². The molecule has 22 heavy (non-hydrogen) atoms. The summed E-state index contributed by atoms with van der Waals surface area (Å²) in [6.45, 7) is -0.0953. The van der Waals surface area contributed by atoms with Gasteiger partial charge in [-0.15, -0.1) is 11.3 Å². The van der Waals surface area contributed by atoms with Crippen molar-refractivity contribution in [3.8, 4) is 0 Å². The van der Waals surface area contributed by atoms with E-state index in [0.29, 0.717) is 19.0 Å². The fraction of sp³-hybridized carbons (Fsp3) is 0.200. The summed E-state index contributed by atoms with van der Waals surface area (Å²) in [5.41, 5.74) is -0.409. The van der Waals surface area contributed by atoms with Gasteiger partial charge in [-0.2, -0.15) is 0 Å². The van der Waals surface area contributed by atoms with Gasteiger partial charge < -0.3 is 10.1 Å². The smallest absolute Gasteiger partial charge is 0.341 e. The van der Waals surface area contributed by atoms with Crippen molar-refractivity contribution in [1.82, 2.24) is 5.32 Å². The van der Waals surface area contributed by atoms with Crippen molar-refractivity contribution in [1.29, 1.82) is 0 Å².